The van der Waals surface area contributed by atoms with Gasteiger partial charge in [-0.25, -0.2) is 0 Å². The van der Waals surface area contributed by atoms with Gasteiger partial charge in [0.1, 0.15) is 48.8 Å². The summed E-state index contributed by atoms with van der Waals surface area (Å²) in [7, 11) is 2.72. The van der Waals surface area contributed by atoms with Gasteiger partial charge < -0.3 is 72.6 Å². The zero-order valence-corrected chi connectivity index (χ0v) is 25.0. The average Bonchev–Trinajstić information content (AvgIpc) is 2.89. The number of aliphatic carboxylic acids is 1. The van der Waals surface area contributed by atoms with Gasteiger partial charge in [-0.2, -0.15) is 0 Å². The van der Waals surface area contributed by atoms with Gasteiger partial charge >= 0.3 is 51.4 Å². The first kappa shape index (κ1) is 34.8. The second kappa shape index (κ2) is 18.2. The summed E-state index contributed by atoms with van der Waals surface area (Å²) in [5.74, 6) is -1.61. The summed E-state index contributed by atoms with van der Waals surface area (Å²) >= 11 is 0. The number of fused-ring (bicyclic) bond motifs is 2. The van der Waals surface area contributed by atoms with Crippen LogP contribution < -0.4 is 56.5 Å². The molecule has 0 amide bonds. The molecule has 3 rings (SSSR count). The summed E-state index contributed by atoms with van der Waals surface area (Å²) in [6.07, 6.45) is -11.1. The summed E-state index contributed by atoms with van der Waals surface area (Å²) in [6, 6.07) is 0. The van der Waals surface area contributed by atoms with E-state index in [9.17, 15) is 25.2 Å². The van der Waals surface area contributed by atoms with Crippen molar-refractivity contribution in [1.29, 1.82) is 0 Å². The maximum Gasteiger partial charge on any atom is 1.00 e. The first-order valence-electron chi connectivity index (χ1n) is 12.1. The predicted octanol–water partition coefficient (Wildman–Crippen LogP) is -7.22. The third kappa shape index (κ3) is 9.30. The molecule has 0 aliphatic carbocycles. The Kier molecular flexibility index (Phi) is 16.7. The van der Waals surface area contributed by atoms with Crippen molar-refractivity contribution in [2.45, 2.75) is 61.4 Å². The third-order valence-corrected chi connectivity index (χ3v) is 6.17. The van der Waals surface area contributed by atoms with E-state index in [2.05, 4.69) is 0 Å². The molecule has 3 aliphatic rings. The molecular formula is C22H37KO15. The fourth-order valence-electron chi connectivity index (χ4n) is 4.35. The van der Waals surface area contributed by atoms with Gasteiger partial charge in [0.05, 0.1) is 65.4 Å². The maximum absolute atomic E-state index is 11.4. The number of carboxylic acids is 1. The smallest absolute Gasteiger partial charge is 0.547 e. The second-order valence-corrected chi connectivity index (χ2v) is 8.49. The van der Waals surface area contributed by atoms with Crippen LogP contribution in [0.5, 0.6) is 0 Å². The first-order chi connectivity index (χ1) is 17.9. The summed E-state index contributed by atoms with van der Waals surface area (Å²) in [5, 5.41) is 42.2. The van der Waals surface area contributed by atoms with Crippen molar-refractivity contribution in [3.05, 3.63) is 0 Å². The Hall–Kier alpha value is 0.586. The van der Waals surface area contributed by atoms with Crippen molar-refractivity contribution in [2.75, 3.05) is 73.7 Å². The number of carboxylic acid groups (broad SMARTS) is 1. The molecule has 38 heavy (non-hydrogen) atoms. The minimum atomic E-state index is -1.67. The predicted molar refractivity (Wildman–Crippen MR) is 116 cm³/mol. The number of ether oxygens (including phenoxy) is 10. The quantitative estimate of drug-likeness (QED) is 0.265. The Bertz CT molecular complexity index is 675. The number of aliphatic hydroxyl groups is 3. The minimum absolute atomic E-state index is 0. The summed E-state index contributed by atoms with van der Waals surface area (Å²) < 4.78 is 55.7. The molecule has 0 unspecified atom stereocenters. The van der Waals surface area contributed by atoms with Crippen LogP contribution in [0.3, 0.4) is 0 Å². The molecule has 216 valence electrons. The van der Waals surface area contributed by atoms with Gasteiger partial charge in [0.15, 0.2) is 12.6 Å². The average molecular weight is 581 g/mol. The van der Waals surface area contributed by atoms with Gasteiger partial charge in [0, 0.05) is 14.2 Å². The van der Waals surface area contributed by atoms with Crippen LogP contribution in [0.4, 0.5) is 0 Å². The number of methoxy groups -OCH3 is 2. The Morgan fingerprint density at radius 2 is 1.16 bits per heavy atom. The van der Waals surface area contributed by atoms with Crippen molar-refractivity contribution in [3.63, 3.8) is 0 Å². The molecule has 3 saturated heterocycles. The van der Waals surface area contributed by atoms with Gasteiger partial charge in [-0.1, -0.05) is 0 Å². The molecule has 0 aromatic rings. The molecule has 3 aliphatic heterocycles. The summed E-state index contributed by atoms with van der Waals surface area (Å²) in [4.78, 5) is 11.4. The van der Waals surface area contributed by atoms with Crippen LogP contribution in [0.15, 0.2) is 0 Å². The van der Waals surface area contributed by atoms with Crippen LogP contribution in [0.2, 0.25) is 0 Å². The van der Waals surface area contributed by atoms with E-state index in [0.29, 0.717) is 0 Å². The number of hydrogen-bond donors (Lipinski definition) is 3. The van der Waals surface area contributed by atoms with E-state index in [1.807, 2.05) is 0 Å². The van der Waals surface area contributed by atoms with Crippen LogP contribution in [-0.2, 0) is 52.2 Å². The SMILES string of the molecule is CO[C@H]1O[C@H](C(=O)[O-])[C@@H](O)[C@@H]2OCCOCCO[C@H]3[C@@H](OC)O[C@H](CO)[C@@H](O)[C@@H]3OCCOCCO[C@@H]12.[K+]. The van der Waals surface area contributed by atoms with Crippen LogP contribution in [0, 0.1) is 0 Å². The molecule has 0 radical (unpaired) electrons. The van der Waals surface area contributed by atoms with E-state index in [0.717, 1.165) is 0 Å². The van der Waals surface area contributed by atoms with Crippen molar-refractivity contribution in [1.82, 2.24) is 0 Å². The molecular weight excluding hydrogens is 543 g/mol. The molecule has 3 heterocycles. The number of rotatable bonds is 4. The number of aliphatic hydroxyl groups excluding tert-OH is 3. The van der Waals surface area contributed by atoms with E-state index < -0.39 is 74.0 Å². The number of hydrogen-bond acceptors (Lipinski definition) is 15. The van der Waals surface area contributed by atoms with E-state index >= 15 is 0 Å². The molecule has 3 N–H and O–H groups in total. The van der Waals surface area contributed by atoms with Crippen molar-refractivity contribution >= 4 is 5.97 Å². The van der Waals surface area contributed by atoms with Crippen LogP contribution in [-0.4, -0.2) is 156 Å². The van der Waals surface area contributed by atoms with Gasteiger partial charge in [0.25, 0.3) is 0 Å². The summed E-state index contributed by atoms with van der Waals surface area (Å²) in [6.45, 7) is 0.226. The maximum atomic E-state index is 11.4. The van der Waals surface area contributed by atoms with Gasteiger partial charge in [-0.15, -0.1) is 0 Å². The largest absolute Gasteiger partial charge is 1.00 e. The molecule has 0 saturated carbocycles. The fraction of sp³-hybridized carbons (Fsp3) is 0.955. The van der Waals surface area contributed by atoms with E-state index in [1.54, 1.807) is 0 Å². The monoisotopic (exact) mass is 580 g/mol. The van der Waals surface area contributed by atoms with E-state index in [4.69, 9.17) is 47.4 Å². The number of carbonyl (C=O) groups excluding carboxylic acids is 1. The van der Waals surface area contributed by atoms with Crippen molar-refractivity contribution in [3.8, 4) is 0 Å². The normalized spacial score (nSPS) is 40.4. The van der Waals surface area contributed by atoms with Gasteiger partial charge in [-0.05, 0) is 0 Å². The van der Waals surface area contributed by atoms with Crippen LogP contribution >= 0.6 is 0 Å². The van der Waals surface area contributed by atoms with Crippen LogP contribution in [0.25, 0.3) is 0 Å². The molecule has 0 aromatic carbocycles. The Morgan fingerprint density at radius 3 is 1.58 bits per heavy atom. The number of carbonyl (C=O) groups is 1. The topological polar surface area (TPSA) is 193 Å². The molecule has 16 heteroatoms. The molecule has 0 bridgehead atoms. The van der Waals surface area contributed by atoms with Crippen molar-refractivity contribution < 1.29 is 124 Å². The summed E-state index contributed by atoms with van der Waals surface area (Å²) in [5.41, 5.74) is 0. The molecule has 0 spiro atoms. The standard InChI is InChI=1S/C22H38O15.K/c1-28-21-18-15(13(24)12(11-23)36-21)32-7-3-30-6-10-35-19-16(33-8-4-31-5-9-34-18)14(25)17(20(26)27)37-22(19)29-2;/h12-19,21-25H,3-11H2,1-2H3,(H,26,27);/q;+1/p-1/t12-,13-,14+,15+,16+,17+,18-,19-,21+,22+;/m1./s1. The molecule has 10 atom stereocenters. The van der Waals surface area contributed by atoms with Crippen molar-refractivity contribution in [2.24, 2.45) is 0 Å². The van der Waals surface area contributed by atoms with Crippen LogP contribution in [0.1, 0.15) is 0 Å². The minimum Gasteiger partial charge on any atom is -0.547 e. The zero-order valence-electron chi connectivity index (χ0n) is 21.9. The Morgan fingerprint density at radius 1 is 0.737 bits per heavy atom. The van der Waals surface area contributed by atoms with Gasteiger partial charge in [0.2, 0.25) is 0 Å². The first-order valence-corrected chi connectivity index (χ1v) is 12.1. The van der Waals surface area contributed by atoms with E-state index in [1.165, 1.54) is 14.2 Å². The third-order valence-electron chi connectivity index (χ3n) is 6.17. The van der Waals surface area contributed by atoms with Gasteiger partial charge in [-0.3, -0.25) is 0 Å². The van der Waals surface area contributed by atoms with E-state index in [-0.39, 0.29) is 104 Å². The Labute approximate surface area is 263 Å². The molecule has 3 fully saturated rings. The zero-order chi connectivity index (χ0) is 26.8. The fourth-order valence-corrected chi connectivity index (χ4v) is 4.35. The second-order valence-electron chi connectivity index (χ2n) is 8.49. The molecule has 15 nitrogen and oxygen atoms in total. The molecule has 0 aromatic heterocycles. The Balaban J connectivity index is 0.00000507.